The summed E-state index contributed by atoms with van der Waals surface area (Å²) in [5, 5.41) is 37.6. The molecule has 1 aliphatic carbocycles. The number of nitrogens with one attached hydrogen (secondary N) is 1. The summed E-state index contributed by atoms with van der Waals surface area (Å²) in [5.74, 6) is -5.76. The Labute approximate surface area is 351 Å². The zero-order valence-corrected chi connectivity index (χ0v) is 33.0. The summed E-state index contributed by atoms with van der Waals surface area (Å²) in [4.78, 5) is 52.2. The number of fused-ring (bicyclic) bond motifs is 5. The number of rotatable bonds is 6. The Morgan fingerprint density at radius 3 is 2.37 bits per heavy atom. The number of Topliss-reactive ketones (excluding diaryl/α,β-unsaturated/α-hetero) is 1. The van der Waals surface area contributed by atoms with Gasteiger partial charge in [-0.1, -0.05) is 26.5 Å². The fraction of sp³-hybridized carbons (Fsp3) is 0.294. The van der Waals surface area contributed by atoms with Crippen molar-refractivity contribution in [2.45, 2.75) is 47.0 Å². The molecular formula is C34H30K2N4O6. The molecule has 0 radical (unpaired) electrons. The molecular weight excluding hydrogens is 639 g/mol. The third-order valence-corrected chi connectivity index (χ3v) is 9.19. The van der Waals surface area contributed by atoms with Crippen LogP contribution in [-0.4, -0.2) is 40.0 Å². The van der Waals surface area contributed by atoms with E-state index in [-0.39, 0.29) is 138 Å². The minimum atomic E-state index is -1.60. The van der Waals surface area contributed by atoms with Gasteiger partial charge in [0, 0.05) is 51.5 Å². The Kier molecular flexibility index (Phi) is 11.5. The summed E-state index contributed by atoms with van der Waals surface area (Å²) in [6.07, 6.45) is 8.55. The summed E-state index contributed by atoms with van der Waals surface area (Å²) in [7, 11) is 0. The molecule has 3 atom stereocenters. The summed E-state index contributed by atoms with van der Waals surface area (Å²) in [6.45, 7) is 11.5. The molecule has 0 aromatic heterocycles. The number of nitrogens with zero attached hydrogens (tertiary/aromatic N) is 3. The van der Waals surface area contributed by atoms with Crippen LogP contribution in [0.25, 0.3) is 0 Å². The average molecular weight is 669 g/mol. The predicted octanol–water partition coefficient (Wildman–Crippen LogP) is -3.46. The van der Waals surface area contributed by atoms with Gasteiger partial charge in [0.15, 0.2) is 5.78 Å². The van der Waals surface area contributed by atoms with E-state index < -0.39 is 29.6 Å². The first kappa shape index (κ1) is 37.0. The maximum absolute atomic E-state index is 13.7. The second-order valence-electron chi connectivity index (χ2n) is 11.5. The molecule has 1 saturated heterocycles. The Balaban J connectivity index is 0.00000240. The third-order valence-electron chi connectivity index (χ3n) is 9.19. The molecule has 1 saturated carbocycles. The number of carboxylic acids is 2. The topological polar surface area (TPSA) is 167 Å². The van der Waals surface area contributed by atoms with Crippen molar-refractivity contribution in [1.82, 2.24) is 5.32 Å². The van der Waals surface area contributed by atoms with Crippen molar-refractivity contribution in [3.63, 3.8) is 0 Å². The molecule has 5 heterocycles. The molecule has 8 bridgehead atoms. The first-order chi connectivity index (χ1) is 21.0. The van der Waals surface area contributed by atoms with Crippen molar-refractivity contribution in [3.8, 4) is 0 Å². The van der Waals surface area contributed by atoms with Crippen LogP contribution in [0.4, 0.5) is 0 Å². The van der Waals surface area contributed by atoms with Crippen LogP contribution in [0.2, 0.25) is 0 Å². The SMILES string of the molecule is C=CC1=C(C)C2=NC1=CC1=NC(=C(CC)C1=CO)C=C1N=C3C(=C1C)C(=O)[C@H](C(=O)[O-])C3=C1NC(=C2)[C@@H](C)[C@@H]1CCC(=O)[O-].[K+].[K+]. The molecule has 0 amide bonds. The standard InChI is InChI=1S/C34H32N4O6.2K/c1-6-17-14(3)21-10-22-15(4)19(8-9-27(40)41)31(37-22)29-30(34(43)44)33(42)28-16(5)23(38-32(28)29)11-25-18(7-2)20(13-39)26(36-25)12-24(17)35-21;;/h6,10-13,15,19,30,37,39H,1,7-9H2,2-5H3,(H,40,41)(H,43,44);;/q;2*+1/p-2/t15-,19-,30+;;/m0../s1. The number of carboxylic acid groups (broad SMARTS) is 2. The Hall–Kier alpha value is -1.85. The summed E-state index contributed by atoms with van der Waals surface area (Å²) < 4.78 is 0. The Morgan fingerprint density at radius 1 is 1.04 bits per heavy atom. The fourth-order valence-corrected chi connectivity index (χ4v) is 6.87. The van der Waals surface area contributed by atoms with Crippen LogP contribution in [0.3, 0.4) is 0 Å². The van der Waals surface area contributed by atoms with Crippen molar-refractivity contribution >= 4 is 34.9 Å². The molecule has 2 N–H and O–H groups in total. The smallest absolute Gasteiger partial charge is 0.550 e. The minimum absolute atomic E-state index is 0. The number of carbonyl (C=O) groups is 3. The predicted molar refractivity (Wildman–Crippen MR) is 161 cm³/mol. The second-order valence-corrected chi connectivity index (χ2v) is 11.5. The molecule has 2 fully saturated rings. The van der Waals surface area contributed by atoms with Crippen molar-refractivity contribution in [2.24, 2.45) is 32.7 Å². The quantitative estimate of drug-likeness (QED) is 0.169. The van der Waals surface area contributed by atoms with E-state index in [1.54, 1.807) is 25.2 Å². The van der Waals surface area contributed by atoms with Gasteiger partial charge in [-0.3, -0.25) is 4.79 Å². The molecule has 0 aromatic carbocycles. The molecule has 0 aromatic rings. The molecule has 224 valence electrons. The number of hydrogen-bond donors (Lipinski definition) is 2. The second kappa shape index (κ2) is 14.3. The number of aliphatic imine (C=N–C) groups is 3. The van der Waals surface area contributed by atoms with Crippen molar-refractivity contribution in [2.75, 3.05) is 0 Å². The van der Waals surface area contributed by atoms with Crippen molar-refractivity contribution in [1.29, 1.82) is 0 Å². The van der Waals surface area contributed by atoms with E-state index in [2.05, 4.69) is 11.9 Å². The number of carbonyl (C=O) groups excluding carboxylic acids is 3. The zero-order chi connectivity index (χ0) is 31.6. The van der Waals surface area contributed by atoms with Gasteiger partial charge < -0.3 is 30.2 Å². The van der Waals surface area contributed by atoms with E-state index in [1.165, 1.54) is 0 Å². The molecule has 6 aliphatic rings. The molecule has 10 nitrogen and oxygen atoms in total. The number of aliphatic hydroxyl groups excluding tert-OH is 1. The van der Waals surface area contributed by atoms with Crippen LogP contribution in [0.1, 0.15) is 47.0 Å². The minimum Gasteiger partial charge on any atom is -0.550 e. The number of hydrogen-bond acceptors (Lipinski definition) is 10. The van der Waals surface area contributed by atoms with Gasteiger partial charge in [-0.2, -0.15) is 0 Å². The van der Waals surface area contributed by atoms with Crippen LogP contribution in [0.15, 0.2) is 120 Å². The maximum atomic E-state index is 13.7. The number of allylic oxidation sites excluding steroid dienone is 11. The third kappa shape index (κ3) is 5.99. The normalized spacial score (nSPS) is 25.4. The van der Waals surface area contributed by atoms with E-state index in [0.29, 0.717) is 57.5 Å². The first-order valence-electron chi connectivity index (χ1n) is 14.5. The van der Waals surface area contributed by atoms with Gasteiger partial charge in [0.2, 0.25) is 0 Å². The van der Waals surface area contributed by atoms with Crippen molar-refractivity contribution < 1.29 is 132 Å². The summed E-state index contributed by atoms with van der Waals surface area (Å²) in [6, 6.07) is 0. The van der Waals surface area contributed by atoms with Crippen LogP contribution >= 0.6 is 0 Å². The van der Waals surface area contributed by atoms with Crippen LogP contribution in [0.5, 0.6) is 0 Å². The molecule has 0 spiro atoms. The Bertz CT molecular complexity index is 1860. The van der Waals surface area contributed by atoms with Gasteiger partial charge in [0.25, 0.3) is 0 Å². The van der Waals surface area contributed by atoms with Gasteiger partial charge in [-0.25, -0.2) is 15.0 Å². The first-order valence-corrected chi connectivity index (χ1v) is 14.5. The van der Waals surface area contributed by atoms with Gasteiger partial charge in [-0.15, -0.1) is 0 Å². The van der Waals surface area contributed by atoms with E-state index in [9.17, 15) is 29.7 Å². The number of ketones is 1. The summed E-state index contributed by atoms with van der Waals surface area (Å²) >= 11 is 0. The van der Waals surface area contributed by atoms with Crippen LogP contribution in [-0.2, 0) is 14.4 Å². The molecule has 6 rings (SSSR count). The molecule has 5 aliphatic heterocycles. The van der Waals surface area contributed by atoms with Crippen molar-refractivity contribution in [3.05, 3.63) is 105 Å². The monoisotopic (exact) mass is 668 g/mol. The van der Waals surface area contributed by atoms with E-state index in [0.717, 1.165) is 23.0 Å². The van der Waals surface area contributed by atoms with E-state index >= 15 is 0 Å². The molecule has 46 heavy (non-hydrogen) atoms. The van der Waals surface area contributed by atoms with Gasteiger partial charge in [-0.05, 0) is 68.1 Å². The van der Waals surface area contributed by atoms with E-state index in [1.807, 2.05) is 26.8 Å². The average Bonchev–Trinajstić information content (AvgIpc) is 3.72. The fourth-order valence-electron chi connectivity index (χ4n) is 6.87. The van der Waals surface area contributed by atoms with Gasteiger partial charge >= 0.3 is 103 Å². The van der Waals surface area contributed by atoms with Gasteiger partial charge in [0.05, 0.1) is 52.4 Å². The largest absolute Gasteiger partial charge is 1.00 e. The summed E-state index contributed by atoms with van der Waals surface area (Å²) in [5.41, 5.74) is 7.91. The molecule has 12 heteroatoms. The van der Waals surface area contributed by atoms with Crippen LogP contribution < -0.4 is 118 Å². The van der Waals surface area contributed by atoms with Crippen LogP contribution in [0, 0.1) is 17.8 Å². The number of aliphatic carboxylic acids is 2. The molecule has 0 unspecified atom stereocenters. The zero-order valence-electron chi connectivity index (χ0n) is 26.8. The Morgan fingerprint density at radius 2 is 1.76 bits per heavy atom. The van der Waals surface area contributed by atoms with E-state index in [4.69, 9.17) is 15.0 Å². The number of aliphatic hydroxyl groups is 1. The maximum Gasteiger partial charge on any atom is 1.00 e. The van der Waals surface area contributed by atoms with Gasteiger partial charge in [0.1, 0.15) is 0 Å².